The number of unbranched alkanes of at least 4 members (excludes halogenated alkanes) is 2. The van der Waals surface area contributed by atoms with Crippen molar-refractivity contribution in [3.63, 3.8) is 0 Å². The molecule has 4 rings (SSSR count). The number of benzene rings is 2. The number of nitrogens with zero attached hydrogens (tertiary/aromatic N) is 3. The Hall–Kier alpha value is -2.36. The predicted molar refractivity (Wildman–Crippen MR) is 108 cm³/mol. The van der Waals surface area contributed by atoms with Crippen LogP contribution in [0.15, 0.2) is 48.5 Å². The normalized spacial score (nSPS) is 9.84. The zero-order valence-corrected chi connectivity index (χ0v) is 16.5. The van der Waals surface area contributed by atoms with Crippen LogP contribution in [0.2, 0.25) is 0 Å². The Morgan fingerprint density at radius 1 is 0.720 bits per heavy atom. The molecule has 4 heteroatoms. The van der Waals surface area contributed by atoms with E-state index in [-0.39, 0.29) is 0 Å². The summed E-state index contributed by atoms with van der Waals surface area (Å²) in [6, 6.07) is 15.5. The molecule has 4 aromatic rings. The molecule has 0 saturated heterocycles. The van der Waals surface area contributed by atoms with Crippen molar-refractivity contribution in [3.8, 4) is 11.4 Å². The Morgan fingerprint density at radius 3 is 1.56 bits per heavy atom. The summed E-state index contributed by atoms with van der Waals surface area (Å²) >= 11 is 0. The largest absolute Gasteiger partial charge is 0.506 e. The lowest BCUT2D eigenvalue weighted by atomic mass is 10.3. The maximum absolute atomic E-state index is 9.77. The van der Waals surface area contributed by atoms with Crippen molar-refractivity contribution in [3.05, 3.63) is 48.5 Å². The van der Waals surface area contributed by atoms with Gasteiger partial charge in [0.1, 0.15) is 22.5 Å². The van der Waals surface area contributed by atoms with Gasteiger partial charge in [0.2, 0.25) is 0 Å². The molecule has 0 fully saturated rings. The van der Waals surface area contributed by atoms with Crippen molar-refractivity contribution in [2.75, 3.05) is 0 Å². The molecule has 0 aliphatic carbocycles. The Morgan fingerprint density at radius 2 is 1.16 bits per heavy atom. The van der Waals surface area contributed by atoms with Crippen molar-refractivity contribution in [2.45, 2.75) is 60.8 Å². The molecule has 2 aromatic carbocycles. The van der Waals surface area contributed by atoms with E-state index >= 15 is 0 Å². The fraction of sp³-hybridized carbons (Fsp3) is 0.429. The quantitative estimate of drug-likeness (QED) is 0.460. The molecule has 0 saturated carbocycles. The van der Waals surface area contributed by atoms with Crippen LogP contribution in [0.4, 0.5) is 0 Å². The van der Waals surface area contributed by atoms with Gasteiger partial charge in [-0.1, -0.05) is 85.1 Å². The number of para-hydroxylation sites is 4. The molecule has 0 spiro atoms. The number of aromatic nitrogens is 3. The summed E-state index contributed by atoms with van der Waals surface area (Å²) in [6.07, 6.45) is 4.08. The van der Waals surface area contributed by atoms with Gasteiger partial charge in [0.25, 0.3) is 0 Å². The second kappa shape index (κ2) is 10.5. The molecule has 0 atom stereocenters. The van der Waals surface area contributed by atoms with E-state index in [1.54, 1.807) is 6.07 Å². The molecule has 0 radical (unpaired) electrons. The highest BCUT2D eigenvalue weighted by Crippen LogP contribution is 2.29. The van der Waals surface area contributed by atoms with E-state index in [9.17, 15) is 5.11 Å². The Kier molecular flexibility index (Phi) is 8.68. The second-order valence-corrected chi connectivity index (χ2v) is 5.20. The van der Waals surface area contributed by atoms with Gasteiger partial charge in [-0.15, -0.1) is 14.1 Å². The fourth-order valence-electron chi connectivity index (χ4n) is 2.48. The number of phenolic OH excluding ortho intramolecular Hbond substituents is 1. The molecule has 4 nitrogen and oxygen atoms in total. The van der Waals surface area contributed by atoms with Crippen LogP contribution in [0, 0.1) is 0 Å². The molecule has 0 amide bonds. The first-order valence-corrected chi connectivity index (χ1v) is 9.56. The third kappa shape index (κ3) is 4.38. The number of rotatable bonds is 3. The Balaban J connectivity index is 0.000000300. The smallest absolute Gasteiger partial charge is 0.143 e. The van der Waals surface area contributed by atoms with Crippen LogP contribution in [-0.4, -0.2) is 19.2 Å². The summed E-state index contributed by atoms with van der Waals surface area (Å²) in [5.74, 6) is 0.294. The first-order valence-electron chi connectivity index (χ1n) is 9.56. The van der Waals surface area contributed by atoms with Crippen LogP contribution < -0.4 is 0 Å². The minimum Gasteiger partial charge on any atom is -0.506 e. The average molecular weight is 344 g/mol. The highest BCUT2D eigenvalue weighted by molar-refractivity contribution is 5.79. The molecule has 2 aromatic heterocycles. The van der Waals surface area contributed by atoms with Crippen molar-refractivity contribution in [2.24, 2.45) is 0 Å². The van der Waals surface area contributed by atoms with Crippen LogP contribution in [-0.2, 0) is 0 Å². The van der Waals surface area contributed by atoms with Crippen molar-refractivity contribution in [1.82, 2.24) is 14.1 Å². The highest BCUT2D eigenvalue weighted by Gasteiger charge is 2.24. The first-order chi connectivity index (χ1) is 12.3. The summed E-state index contributed by atoms with van der Waals surface area (Å²) in [4.78, 5) is 1.94. The number of fused-ring (bicyclic) bond motifs is 4. The number of hydrogen-bond donors (Lipinski definition) is 1. The van der Waals surface area contributed by atoms with Crippen LogP contribution in [0.1, 0.15) is 60.8 Å². The van der Waals surface area contributed by atoms with Gasteiger partial charge in [-0.2, -0.15) is 0 Å². The van der Waals surface area contributed by atoms with E-state index in [0.29, 0.717) is 5.75 Å². The van der Waals surface area contributed by atoms with E-state index in [1.807, 2.05) is 72.1 Å². The summed E-state index contributed by atoms with van der Waals surface area (Å²) < 4.78 is 4.04. The fourth-order valence-corrected chi connectivity index (χ4v) is 2.48. The zero-order valence-electron chi connectivity index (χ0n) is 16.5. The van der Waals surface area contributed by atoms with Gasteiger partial charge in [-0.25, -0.2) is 0 Å². The monoisotopic (exact) mass is 343 g/mol. The Labute approximate surface area is 151 Å². The molecule has 0 aliphatic heterocycles. The third-order valence-electron chi connectivity index (χ3n) is 3.62. The molecule has 2 heterocycles. The molecule has 0 aliphatic rings. The topological polar surface area (TPSA) is 34.0 Å². The van der Waals surface area contributed by atoms with Crippen molar-refractivity contribution in [1.29, 1.82) is 0 Å². The van der Waals surface area contributed by atoms with Gasteiger partial charge >= 0.3 is 0 Å². The number of aromatic hydroxyl groups is 1. The molecule has 138 valence electrons. The van der Waals surface area contributed by atoms with Crippen LogP contribution >= 0.6 is 0 Å². The number of phenols is 1. The molecular weight excluding hydrogens is 310 g/mol. The summed E-state index contributed by atoms with van der Waals surface area (Å²) in [5, 5.41) is 9.77. The standard InChI is InChI=1S/C12H9N3O.C5H12.2C2H6/c16-12-8-4-3-7-11(12)15-13-9-5-1-2-6-10(9)14(13)15;1-3-5-4-2;2*1-2/h1-8,16H;3-5H2,1-2H3;2*1-2H3. The highest BCUT2D eigenvalue weighted by atomic mass is 16.3. The summed E-state index contributed by atoms with van der Waals surface area (Å²) in [6.45, 7) is 12.4. The van der Waals surface area contributed by atoms with E-state index in [2.05, 4.69) is 26.0 Å². The average Bonchev–Trinajstić information content (AvgIpc) is 3.33. The molecular formula is C21H33N3O. The second-order valence-electron chi connectivity index (χ2n) is 5.20. The SMILES string of the molecule is CC.CC.CCCCC.Oc1ccccc1-n1n2c3ccccc3n12. The van der Waals surface area contributed by atoms with Crippen LogP contribution in [0.25, 0.3) is 16.7 Å². The third-order valence-corrected chi connectivity index (χ3v) is 3.62. The maximum Gasteiger partial charge on any atom is 0.143 e. The van der Waals surface area contributed by atoms with Crippen molar-refractivity contribution < 1.29 is 5.11 Å². The predicted octanol–water partition coefficient (Wildman–Crippen LogP) is 6.38. The summed E-state index contributed by atoms with van der Waals surface area (Å²) in [7, 11) is 0. The lowest BCUT2D eigenvalue weighted by molar-refractivity contribution is 0.472. The lowest BCUT2D eigenvalue weighted by Gasteiger charge is -1.95. The van der Waals surface area contributed by atoms with Gasteiger partial charge in [-0.05, 0) is 24.3 Å². The van der Waals surface area contributed by atoms with Gasteiger partial charge in [-0.3, -0.25) is 0 Å². The van der Waals surface area contributed by atoms with Crippen LogP contribution in [0.3, 0.4) is 0 Å². The minimum atomic E-state index is 0.294. The molecule has 25 heavy (non-hydrogen) atoms. The maximum atomic E-state index is 9.77. The first kappa shape index (κ1) is 20.7. The van der Waals surface area contributed by atoms with Gasteiger partial charge in [0, 0.05) is 0 Å². The molecule has 0 bridgehead atoms. The van der Waals surface area contributed by atoms with E-state index in [0.717, 1.165) is 5.69 Å². The number of hydrogen-bond acceptors (Lipinski definition) is 1. The van der Waals surface area contributed by atoms with Crippen LogP contribution in [0.5, 0.6) is 5.75 Å². The summed E-state index contributed by atoms with van der Waals surface area (Å²) in [5.41, 5.74) is 3.15. The van der Waals surface area contributed by atoms with E-state index in [1.165, 1.54) is 30.3 Å². The minimum absolute atomic E-state index is 0.294. The molecule has 1 N–H and O–H groups in total. The Bertz CT molecular complexity index is 778. The van der Waals surface area contributed by atoms with Gasteiger partial charge in [0.15, 0.2) is 0 Å². The van der Waals surface area contributed by atoms with Gasteiger partial charge < -0.3 is 5.11 Å². The zero-order chi connectivity index (χ0) is 18.8. The molecule has 0 unspecified atom stereocenters. The lowest BCUT2D eigenvalue weighted by Crippen LogP contribution is -1.87. The van der Waals surface area contributed by atoms with Gasteiger partial charge in [0.05, 0.1) is 0 Å². The van der Waals surface area contributed by atoms with E-state index < -0.39 is 0 Å². The van der Waals surface area contributed by atoms with E-state index in [4.69, 9.17) is 0 Å². The van der Waals surface area contributed by atoms with Crippen molar-refractivity contribution >= 4 is 11.0 Å².